The van der Waals surface area contributed by atoms with E-state index in [4.69, 9.17) is 5.73 Å². The summed E-state index contributed by atoms with van der Waals surface area (Å²) in [7, 11) is 0. The second-order valence-electron chi connectivity index (χ2n) is 8.44. The zero-order chi connectivity index (χ0) is 19.5. The number of aromatic carboxylic acids is 1. The first-order valence-electron chi connectivity index (χ1n) is 9.29. The molecular weight excluding hydrogens is 385 g/mol. The summed E-state index contributed by atoms with van der Waals surface area (Å²) in [4.78, 5) is 26.0. The number of carboxylic acid groups (broad SMARTS) is 1. The molecular formula is C20H25ClFN3O3. The van der Waals surface area contributed by atoms with Crippen LogP contribution in [0.5, 0.6) is 0 Å². The quantitative estimate of drug-likeness (QED) is 0.810. The van der Waals surface area contributed by atoms with Gasteiger partial charge in [0.15, 0.2) is 0 Å². The normalized spacial score (nSPS) is 21.0. The SMILES string of the molecule is CC1(C)CN(c2cc3c(cc2F)c(=O)c(C(=O)O)cn3C2CC2)CC1CN.Cl. The van der Waals surface area contributed by atoms with Crippen LogP contribution in [-0.4, -0.2) is 35.3 Å². The smallest absolute Gasteiger partial charge is 0.341 e. The van der Waals surface area contributed by atoms with Crippen LogP contribution in [0.4, 0.5) is 10.1 Å². The molecule has 1 aliphatic carbocycles. The average Bonchev–Trinajstić information content (AvgIpc) is 3.38. The van der Waals surface area contributed by atoms with E-state index in [0.717, 1.165) is 12.8 Å². The standard InChI is InChI=1S/C20H24FN3O3.ClH/c1-20(2)10-23(8-11(20)7-22)17-6-16-13(5-15(17)21)18(25)14(19(26)27)9-24(16)12-3-4-12;/h5-6,9,11-12H,3-4,7-8,10,22H2,1-2H3,(H,26,27);1H. The summed E-state index contributed by atoms with van der Waals surface area (Å²) in [6, 6.07) is 3.06. The summed E-state index contributed by atoms with van der Waals surface area (Å²) < 4.78 is 16.8. The van der Waals surface area contributed by atoms with Crippen LogP contribution in [0.1, 0.15) is 43.1 Å². The van der Waals surface area contributed by atoms with Gasteiger partial charge in [0, 0.05) is 30.7 Å². The van der Waals surface area contributed by atoms with Gasteiger partial charge in [0.2, 0.25) is 5.43 Å². The number of anilines is 1. The second-order valence-corrected chi connectivity index (χ2v) is 8.44. The third kappa shape index (κ3) is 3.26. The lowest BCUT2D eigenvalue weighted by atomic mass is 9.82. The Morgan fingerprint density at radius 1 is 1.36 bits per heavy atom. The Morgan fingerprint density at radius 2 is 2.04 bits per heavy atom. The van der Waals surface area contributed by atoms with E-state index in [1.165, 1.54) is 12.3 Å². The lowest BCUT2D eigenvalue weighted by Gasteiger charge is -2.24. The molecule has 6 nitrogen and oxygen atoms in total. The van der Waals surface area contributed by atoms with E-state index in [9.17, 15) is 19.1 Å². The molecule has 1 unspecified atom stereocenters. The Hall–Kier alpha value is -2.12. The minimum atomic E-state index is -1.28. The number of nitrogens with zero attached hydrogens (tertiary/aromatic N) is 2. The van der Waals surface area contributed by atoms with Crippen LogP contribution in [0.15, 0.2) is 23.1 Å². The molecule has 152 valence electrons. The van der Waals surface area contributed by atoms with Crippen molar-refractivity contribution >= 4 is 35.0 Å². The number of rotatable bonds is 4. The van der Waals surface area contributed by atoms with E-state index >= 15 is 0 Å². The van der Waals surface area contributed by atoms with Crippen molar-refractivity contribution in [2.75, 3.05) is 24.5 Å². The number of nitrogens with two attached hydrogens (primary N) is 1. The topological polar surface area (TPSA) is 88.6 Å². The fraction of sp³-hybridized carbons (Fsp3) is 0.500. The van der Waals surface area contributed by atoms with Gasteiger partial charge in [-0.05, 0) is 42.9 Å². The van der Waals surface area contributed by atoms with Crippen LogP contribution >= 0.6 is 12.4 Å². The molecule has 2 aliphatic rings. The Labute approximate surface area is 168 Å². The minimum absolute atomic E-state index is 0. The molecule has 4 rings (SSSR count). The van der Waals surface area contributed by atoms with Gasteiger partial charge in [-0.1, -0.05) is 13.8 Å². The molecule has 0 bridgehead atoms. The number of halogens is 2. The molecule has 2 fully saturated rings. The molecule has 3 N–H and O–H groups in total. The van der Waals surface area contributed by atoms with Crippen LogP contribution in [0, 0.1) is 17.2 Å². The van der Waals surface area contributed by atoms with E-state index in [-0.39, 0.29) is 40.7 Å². The highest BCUT2D eigenvalue weighted by atomic mass is 35.5. The Kier molecular flexibility index (Phi) is 5.18. The van der Waals surface area contributed by atoms with Gasteiger partial charge in [-0.3, -0.25) is 4.79 Å². The van der Waals surface area contributed by atoms with Gasteiger partial charge >= 0.3 is 5.97 Å². The first-order chi connectivity index (χ1) is 12.7. The Bertz CT molecular complexity index is 1000. The maximum Gasteiger partial charge on any atom is 0.341 e. The average molecular weight is 410 g/mol. The molecule has 1 saturated heterocycles. The van der Waals surface area contributed by atoms with Crippen molar-refractivity contribution in [3.63, 3.8) is 0 Å². The molecule has 0 amide bonds. The van der Waals surface area contributed by atoms with E-state index in [1.807, 2.05) is 9.47 Å². The molecule has 1 aromatic heterocycles. The van der Waals surface area contributed by atoms with Gasteiger partial charge in [-0.25, -0.2) is 9.18 Å². The summed E-state index contributed by atoms with van der Waals surface area (Å²) in [5, 5.41) is 9.46. The third-order valence-corrected chi connectivity index (χ3v) is 6.04. The molecule has 1 atom stereocenters. The van der Waals surface area contributed by atoms with Crippen molar-refractivity contribution in [3.05, 3.63) is 39.9 Å². The Morgan fingerprint density at radius 3 is 2.57 bits per heavy atom. The Balaban J connectivity index is 0.00000225. The molecule has 0 spiro atoms. The monoisotopic (exact) mass is 409 g/mol. The van der Waals surface area contributed by atoms with Gasteiger partial charge in [0.25, 0.3) is 0 Å². The van der Waals surface area contributed by atoms with Crippen molar-refractivity contribution in [1.29, 1.82) is 0 Å². The van der Waals surface area contributed by atoms with Gasteiger partial charge in [0.05, 0.1) is 11.2 Å². The molecule has 1 aromatic carbocycles. The summed E-state index contributed by atoms with van der Waals surface area (Å²) >= 11 is 0. The van der Waals surface area contributed by atoms with Crippen molar-refractivity contribution in [3.8, 4) is 0 Å². The van der Waals surface area contributed by atoms with E-state index in [0.29, 0.717) is 30.8 Å². The maximum atomic E-state index is 14.9. The molecule has 1 saturated carbocycles. The molecule has 8 heteroatoms. The zero-order valence-electron chi connectivity index (χ0n) is 15.9. The predicted octanol–water partition coefficient (Wildman–Crippen LogP) is 3.02. The van der Waals surface area contributed by atoms with Crippen LogP contribution in [-0.2, 0) is 0 Å². The number of benzene rings is 1. The molecule has 2 heterocycles. The second kappa shape index (κ2) is 7.04. The number of hydrogen-bond donors (Lipinski definition) is 2. The van der Waals surface area contributed by atoms with Crippen molar-refractivity contribution < 1.29 is 14.3 Å². The summed E-state index contributed by atoms with van der Waals surface area (Å²) in [5.74, 6) is -1.53. The summed E-state index contributed by atoms with van der Waals surface area (Å²) in [5.41, 5.74) is 5.96. The highest BCUT2D eigenvalue weighted by Crippen LogP contribution is 2.41. The van der Waals surface area contributed by atoms with Gasteiger partial charge in [-0.2, -0.15) is 0 Å². The van der Waals surface area contributed by atoms with E-state index in [1.54, 1.807) is 6.07 Å². The van der Waals surface area contributed by atoms with Crippen LogP contribution < -0.4 is 16.1 Å². The fourth-order valence-corrected chi connectivity index (χ4v) is 4.18. The lowest BCUT2D eigenvalue weighted by molar-refractivity contribution is 0.0695. The molecule has 2 aromatic rings. The number of fused-ring (bicyclic) bond motifs is 1. The molecule has 1 aliphatic heterocycles. The highest BCUT2D eigenvalue weighted by molar-refractivity contribution is 5.93. The number of carbonyl (C=O) groups is 1. The van der Waals surface area contributed by atoms with Crippen molar-refractivity contribution in [2.45, 2.75) is 32.7 Å². The highest BCUT2D eigenvalue weighted by Gasteiger charge is 2.39. The number of aromatic nitrogens is 1. The van der Waals surface area contributed by atoms with E-state index < -0.39 is 17.2 Å². The van der Waals surface area contributed by atoms with Gasteiger partial charge < -0.3 is 20.3 Å². The molecule has 0 radical (unpaired) electrons. The van der Waals surface area contributed by atoms with Crippen molar-refractivity contribution in [2.24, 2.45) is 17.1 Å². The number of carboxylic acids is 1. The first-order valence-corrected chi connectivity index (χ1v) is 9.29. The molecule has 28 heavy (non-hydrogen) atoms. The summed E-state index contributed by atoms with van der Waals surface area (Å²) in [6.45, 7) is 6.13. The van der Waals surface area contributed by atoms with Gasteiger partial charge in [0.1, 0.15) is 11.4 Å². The largest absolute Gasteiger partial charge is 0.477 e. The van der Waals surface area contributed by atoms with Gasteiger partial charge in [-0.15, -0.1) is 12.4 Å². The summed E-state index contributed by atoms with van der Waals surface area (Å²) in [6.07, 6.45) is 3.26. The number of hydrogen-bond acceptors (Lipinski definition) is 4. The minimum Gasteiger partial charge on any atom is -0.477 e. The number of pyridine rings is 1. The van der Waals surface area contributed by atoms with Crippen LogP contribution in [0.2, 0.25) is 0 Å². The van der Waals surface area contributed by atoms with Crippen molar-refractivity contribution in [1.82, 2.24) is 4.57 Å². The first kappa shape index (κ1) is 20.6. The van der Waals surface area contributed by atoms with Crippen LogP contribution in [0.25, 0.3) is 10.9 Å². The lowest BCUT2D eigenvalue weighted by Crippen LogP contribution is -2.28. The predicted molar refractivity (Wildman–Crippen MR) is 109 cm³/mol. The van der Waals surface area contributed by atoms with Crippen LogP contribution in [0.3, 0.4) is 0 Å². The zero-order valence-corrected chi connectivity index (χ0v) is 16.8. The van der Waals surface area contributed by atoms with E-state index in [2.05, 4.69) is 13.8 Å². The maximum absolute atomic E-state index is 14.9. The third-order valence-electron chi connectivity index (χ3n) is 6.04. The fourth-order valence-electron chi connectivity index (χ4n) is 4.18.